The smallest absolute Gasteiger partial charge is 0.325 e. The Labute approximate surface area is 224 Å². The maximum absolute atomic E-state index is 13.7. The van der Waals surface area contributed by atoms with Gasteiger partial charge in [-0.15, -0.1) is 0 Å². The second kappa shape index (κ2) is 10.3. The van der Waals surface area contributed by atoms with E-state index in [0.29, 0.717) is 11.1 Å². The largest absolute Gasteiger partial charge is 0.480 e. The molecule has 2 amide bonds. The summed E-state index contributed by atoms with van der Waals surface area (Å²) >= 11 is 0. The standard InChI is InChI=1S/C30H27N3O6/c1-2-3-17-32-27(34)24-25(28(32)35)30(29(36)37,18-19-9-15-23(16-10-19)33(38)39)31-26(24)22-13-11-21(12-14-22)20-7-5-4-6-8-20/h2-16,24-26,31H,17-18H2,1H3,(H,36,37)/b3-2+. The molecule has 198 valence electrons. The third kappa shape index (κ3) is 4.51. The van der Waals surface area contributed by atoms with Crippen molar-refractivity contribution in [2.75, 3.05) is 6.54 Å². The molecule has 0 aromatic heterocycles. The van der Waals surface area contributed by atoms with E-state index in [9.17, 15) is 29.6 Å². The number of carbonyl (C=O) groups excluding carboxylic acids is 2. The average molecular weight is 526 g/mol. The summed E-state index contributed by atoms with van der Waals surface area (Å²) in [6.45, 7) is 1.84. The Morgan fingerprint density at radius 3 is 2.23 bits per heavy atom. The van der Waals surface area contributed by atoms with Crippen LogP contribution in [0, 0.1) is 22.0 Å². The van der Waals surface area contributed by atoms with Crippen LogP contribution in [-0.4, -0.2) is 44.8 Å². The zero-order valence-electron chi connectivity index (χ0n) is 21.2. The second-order valence-corrected chi connectivity index (χ2v) is 9.85. The molecule has 39 heavy (non-hydrogen) atoms. The molecule has 0 saturated carbocycles. The van der Waals surface area contributed by atoms with E-state index in [-0.39, 0.29) is 18.7 Å². The number of imide groups is 1. The first-order chi connectivity index (χ1) is 18.8. The van der Waals surface area contributed by atoms with Crippen LogP contribution in [0.15, 0.2) is 91.0 Å². The van der Waals surface area contributed by atoms with E-state index < -0.39 is 46.1 Å². The average Bonchev–Trinajstić information content (AvgIpc) is 3.42. The molecular formula is C30H27N3O6. The van der Waals surface area contributed by atoms with Gasteiger partial charge >= 0.3 is 5.97 Å². The lowest BCUT2D eigenvalue weighted by molar-refractivity contribution is -0.384. The summed E-state index contributed by atoms with van der Waals surface area (Å²) in [5, 5.41) is 24.9. The first-order valence-corrected chi connectivity index (χ1v) is 12.6. The number of nitro benzene ring substituents is 1. The van der Waals surface area contributed by atoms with Gasteiger partial charge in [-0.25, -0.2) is 0 Å². The molecule has 4 atom stereocenters. The molecule has 2 heterocycles. The summed E-state index contributed by atoms with van der Waals surface area (Å²) in [5.41, 5.74) is 1.27. The number of aliphatic carboxylic acids is 1. The molecular weight excluding hydrogens is 498 g/mol. The van der Waals surface area contributed by atoms with Gasteiger partial charge in [0.15, 0.2) is 0 Å². The van der Waals surface area contributed by atoms with Gasteiger partial charge in [0.25, 0.3) is 5.69 Å². The molecule has 9 nitrogen and oxygen atoms in total. The van der Waals surface area contributed by atoms with Gasteiger partial charge in [-0.3, -0.25) is 34.7 Å². The number of allylic oxidation sites excluding steroid dienone is 1. The van der Waals surface area contributed by atoms with E-state index in [1.54, 1.807) is 19.1 Å². The van der Waals surface area contributed by atoms with E-state index in [0.717, 1.165) is 16.0 Å². The topological polar surface area (TPSA) is 130 Å². The van der Waals surface area contributed by atoms with Crippen molar-refractivity contribution in [1.29, 1.82) is 0 Å². The number of non-ortho nitro benzene ring substituents is 1. The zero-order valence-corrected chi connectivity index (χ0v) is 21.2. The van der Waals surface area contributed by atoms with Crippen molar-refractivity contribution in [2.45, 2.75) is 24.9 Å². The van der Waals surface area contributed by atoms with Crippen LogP contribution < -0.4 is 5.32 Å². The van der Waals surface area contributed by atoms with Gasteiger partial charge < -0.3 is 5.11 Å². The number of rotatable bonds is 8. The molecule has 5 rings (SSSR count). The molecule has 2 N–H and O–H groups in total. The number of carboxylic acid groups (broad SMARTS) is 1. The number of nitro groups is 1. The van der Waals surface area contributed by atoms with Crippen LogP contribution in [0.4, 0.5) is 5.69 Å². The van der Waals surface area contributed by atoms with Gasteiger partial charge in [0.1, 0.15) is 5.54 Å². The quantitative estimate of drug-likeness (QED) is 0.196. The first kappa shape index (κ1) is 26.0. The van der Waals surface area contributed by atoms with Crippen LogP contribution in [-0.2, 0) is 20.8 Å². The van der Waals surface area contributed by atoms with Crippen molar-refractivity contribution in [2.24, 2.45) is 11.8 Å². The fraction of sp³-hybridized carbons (Fsp3) is 0.233. The van der Waals surface area contributed by atoms with Crippen molar-refractivity contribution < 1.29 is 24.4 Å². The maximum atomic E-state index is 13.7. The Bertz CT molecular complexity index is 1450. The molecule has 2 aliphatic heterocycles. The van der Waals surface area contributed by atoms with Crippen molar-refractivity contribution in [3.63, 3.8) is 0 Å². The van der Waals surface area contributed by atoms with Crippen molar-refractivity contribution in [3.05, 3.63) is 112 Å². The third-order valence-corrected chi connectivity index (χ3v) is 7.66. The predicted molar refractivity (Wildman–Crippen MR) is 143 cm³/mol. The number of hydrogen-bond donors (Lipinski definition) is 2. The van der Waals surface area contributed by atoms with Gasteiger partial charge in [0.2, 0.25) is 11.8 Å². The Hall–Kier alpha value is -4.63. The number of nitrogens with one attached hydrogen (secondary N) is 1. The van der Waals surface area contributed by atoms with Crippen LogP contribution >= 0.6 is 0 Å². The molecule has 0 aliphatic carbocycles. The molecule has 2 fully saturated rings. The minimum atomic E-state index is -1.79. The number of amides is 2. The van der Waals surface area contributed by atoms with Crippen molar-refractivity contribution in [3.8, 4) is 11.1 Å². The number of fused-ring (bicyclic) bond motifs is 1. The Kier molecular flexibility index (Phi) is 6.84. The Morgan fingerprint density at radius 1 is 1.00 bits per heavy atom. The molecule has 3 aromatic rings. The van der Waals surface area contributed by atoms with Gasteiger partial charge in [0, 0.05) is 31.1 Å². The lowest BCUT2D eigenvalue weighted by Gasteiger charge is -2.31. The Balaban J connectivity index is 1.56. The summed E-state index contributed by atoms with van der Waals surface area (Å²) in [6.07, 6.45) is 3.29. The van der Waals surface area contributed by atoms with Crippen molar-refractivity contribution in [1.82, 2.24) is 10.2 Å². The summed E-state index contributed by atoms with van der Waals surface area (Å²) in [5.74, 6) is -4.28. The van der Waals surface area contributed by atoms with Crippen molar-refractivity contribution >= 4 is 23.5 Å². The predicted octanol–water partition coefficient (Wildman–Crippen LogP) is 4.15. The highest BCUT2D eigenvalue weighted by molar-refractivity contribution is 6.09. The number of likely N-dealkylation sites (tertiary alicyclic amines) is 1. The van der Waals surface area contributed by atoms with Crippen LogP contribution in [0.2, 0.25) is 0 Å². The zero-order chi connectivity index (χ0) is 27.7. The molecule has 2 saturated heterocycles. The normalized spacial score (nSPS) is 24.3. The number of carboxylic acids is 1. The monoisotopic (exact) mass is 525 g/mol. The second-order valence-electron chi connectivity index (χ2n) is 9.85. The van der Waals surface area contributed by atoms with Crippen LogP contribution in [0.5, 0.6) is 0 Å². The molecule has 9 heteroatoms. The van der Waals surface area contributed by atoms with Gasteiger partial charge in [-0.05, 0) is 29.2 Å². The van der Waals surface area contributed by atoms with Gasteiger partial charge in [-0.2, -0.15) is 0 Å². The maximum Gasteiger partial charge on any atom is 0.325 e. The summed E-state index contributed by atoms with van der Waals surface area (Å²) < 4.78 is 0. The van der Waals surface area contributed by atoms with E-state index >= 15 is 0 Å². The van der Waals surface area contributed by atoms with Crippen LogP contribution in [0.25, 0.3) is 11.1 Å². The third-order valence-electron chi connectivity index (χ3n) is 7.66. The SMILES string of the molecule is C/C=C/CN1C(=O)C2C(c3ccc(-c4ccccc4)cc3)NC(Cc3ccc([N+](=O)[O-])cc3)(C(=O)O)C2C1=O. The summed E-state index contributed by atoms with van der Waals surface area (Å²) in [7, 11) is 0. The minimum Gasteiger partial charge on any atom is -0.480 e. The van der Waals surface area contributed by atoms with Crippen LogP contribution in [0.1, 0.15) is 24.1 Å². The highest BCUT2D eigenvalue weighted by Crippen LogP contribution is 2.50. The van der Waals surface area contributed by atoms with Gasteiger partial charge in [-0.1, -0.05) is 78.9 Å². The number of benzene rings is 3. The number of carbonyl (C=O) groups is 3. The molecule has 0 radical (unpaired) electrons. The highest BCUT2D eigenvalue weighted by Gasteiger charge is 2.68. The molecule has 0 bridgehead atoms. The van der Waals surface area contributed by atoms with E-state index in [2.05, 4.69) is 5.32 Å². The number of nitrogens with zero attached hydrogens (tertiary/aromatic N) is 2. The lowest BCUT2D eigenvalue weighted by Crippen LogP contribution is -2.57. The Morgan fingerprint density at radius 2 is 1.64 bits per heavy atom. The molecule has 4 unspecified atom stereocenters. The minimum absolute atomic E-state index is 0.0636. The highest BCUT2D eigenvalue weighted by atomic mass is 16.6. The van der Waals surface area contributed by atoms with Crippen LogP contribution in [0.3, 0.4) is 0 Å². The molecule has 3 aromatic carbocycles. The number of hydrogen-bond acceptors (Lipinski definition) is 6. The van der Waals surface area contributed by atoms with Gasteiger partial charge in [0.05, 0.1) is 16.8 Å². The van der Waals surface area contributed by atoms with E-state index in [4.69, 9.17) is 0 Å². The lowest BCUT2D eigenvalue weighted by atomic mass is 9.76. The van der Waals surface area contributed by atoms with E-state index in [1.165, 1.54) is 24.3 Å². The van der Waals surface area contributed by atoms with E-state index in [1.807, 2.05) is 54.6 Å². The summed E-state index contributed by atoms with van der Waals surface area (Å²) in [6, 6.07) is 22.2. The first-order valence-electron chi connectivity index (χ1n) is 12.6. The molecule has 0 spiro atoms. The fourth-order valence-electron chi connectivity index (χ4n) is 5.75. The molecule has 2 aliphatic rings. The summed E-state index contributed by atoms with van der Waals surface area (Å²) in [4.78, 5) is 51.9. The fourth-order valence-corrected chi connectivity index (χ4v) is 5.75.